The Kier molecular flexibility index (Phi) is 4.44. The maximum atomic E-state index is 10.9. The molecule has 4 nitrogen and oxygen atoms in total. The Balaban J connectivity index is 2.38. The zero-order chi connectivity index (χ0) is 10.4. The van der Waals surface area contributed by atoms with Gasteiger partial charge in [-0.1, -0.05) is 0 Å². The first kappa shape index (κ1) is 11.0. The predicted octanol–water partition coefficient (Wildman–Crippen LogP) is -0.242. The lowest BCUT2D eigenvalue weighted by Crippen LogP contribution is -2.55. The van der Waals surface area contributed by atoms with E-state index in [1.165, 1.54) is 0 Å². The average Bonchev–Trinajstić information content (AvgIpc) is 2.19. The third kappa shape index (κ3) is 3.02. The van der Waals surface area contributed by atoms with E-state index in [2.05, 4.69) is 11.2 Å². The van der Waals surface area contributed by atoms with Crippen molar-refractivity contribution in [2.75, 3.05) is 26.2 Å². The van der Waals surface area contributed by atoms with E-state index >= 15 is 0 Å². The molecule has 1 unspecified atom stereocenters. The Morgan fingerprint density at radius 1 is 1.71 bits per heavy atom. The van der Waals surface area contributed by atoms with Crippen molar-refractivity contribution in [1.29, 1.82) is 0 Å². The fourth-order valence-electron chi connectivity index (χ4n) is 1.64. The lowest BCUT2D eigenvalue weighted by atomic mass is 10.1. The summed E-state index contributed by atoms with van der Waals surface area (Å²) in [6.45, 7) is 2.97. The van der Waals surface area contributed by atoms with Crippen LogP contribution in [0.25, 0.3) is 0 Å². The second kappa shape index (κ2) is 5.63. The lowest BCUT2D eigenvalue weighted by Gasteiger charge is -2.33. The van der Waals surface area contributed by atoms with Crippen LogP contribution < -0.4 is 5.32 Å². The van der Waals surface area contributed by atoms with Crippen LogP contribution in [0.4, 0.5) is 0 Å². The van der Waals surface area contributed by atoms with Gasteiger partial charge in [-0.05, 0) is 13.0 Å². The molecular weight excluding hydrogens is 180 g/mol. The fourth-order valence-corrected chi connectivity index (χ4v) is 1.64. The van der Waals surface area contributed by atoms with Gasteiger partial charge in [-0.2, -0.15) is 0 Å². The maximum absolute atomic E-state index is 10.9. The number of aliphatic carboxylic acids is 1. The van der Waals surface area contributed by atoms with Crippen LogP contribution >= 0.6 is 0 Å². The van der Waals surface area contributed by atoms with Gasteiger partial charge in [0.2, 0.25) is 0 Å². The molecule has 0 aromatic heterocycles. The number of carboxylic acid groups (broad SMARTS) is 1. The molecule has 1 aliphatic heterocycles. The van der Waals surface area contributed by atoms with Gasteiger partial charge in [0.25, 0.3) is 0 Å². The molecule has 0 bridgehead atoms. The highest BCUT2D eigenvalue weighted by molar-refractivity contribution is 5.73. The number of terminal acetylenes is 1. The first-order valence-corrected chi connectivity index (χ1v) is 4.86. The number of rotatable bonds is 4. The minimum absolute atomic E-state index is 0.387. The van der Waals surface area contributed by atoms with E-state index in [1.807, 2.05) is 4.90 Å². The Morgan fingerprint density at radius 2 is 2.50 bits per heavy atom. The van der Waals surface area contributed by atoms with Crippen LogP contribution in [0.1, 0.15) is 12.8 Å². The normalized spacial score (nSPS) is 22.9. The molecule has 0 saturated carbocycles. The van der Waals surface area contributed by atoms with E-state index in [0.717, 1.165) is 32.5 Å². The molecule has 2 N–H and O–H groups in total. The van der Waals surface area contributed by atoms with Crippen LogP contribution in [0.15, 0.2) is 0 Å². The Morgan fingerprint density at radius 3 is 3.14 bits per heavy atom. The summed E-state index contributed by atoms with van der Waals surface area (Å²) >= 11 is 0. The average molecular weight is 196 g/mol. The first-order chi connectivity index (χ1) is 6.75. The summed E-state index contributed by atoms with van der Waals surface area (Å²) in [5, 5.41) is 12.0. The molecule has 0 aromatic rings. The number of piperazine rings is 1. The van der Waals surface area contributed by atoms with E-state index < -0.39 is 5.97 Å². The van der Waals surface area contributed by atoms with E-state index in [0.29, 0.717) is 6.54 Å². The molecule has 14 heavy (non-hydrogen) atoms. The van der Waals surface area contributed by atoms with Gasteiger partial charge in [0.1, 0.15) is 6.04 Å². The predicted molar refractivity (Wildman–Crippen MR) is 53.9 cm³/mol. The van der Waals surface area contributed by atoms with Crippen LogP contribution in [-0.2, 0) is 4.79 Å². The third-order valence-electron chi connectivity index (χ3n) is 2.41. The van der Waals surface area contributed by atoms with Crippen LogP contribution in [-0.4, -0.2) is 48.2 Å². The van der Waals surface area contributed by atoms with Crippen molar-refractivity contribution in [3.63, 3.8) is 0 Å². The number of unbranched alkanes of at least 4 members (excludes halogenated alkanes) is 1. The summed E-state index contributed by atoms with van der Waals surface area (Å²) in [6.07, 6.45) is 6.74. The molecule has 1 atom stereocenters. The maximum Gasteiger partial charge on any atom is 0.322 e. The van der Waals surface area contributed by atoms with Crippen LogP contribution in [0.3, 0.4) is 0 Å². The van der Waals surface area contributed by atoms with Gasteiger partial charge in [-0.15, -0.1) is 12.3 Å². The summed E-state index contributed by atoms with van der Waals surface area (Å²) in [4.78, 5) is 12.9. The molecule has 1 saturated heterocycles. The van der Waals surface area contributed by atoms with Crippen molar-refractivity contribution in [2.24, 2.45) is 0 Å². The zero-order valence-electron chi connectivity index (χ0n) is 8.20. The van der Waals surface area contributed by atoms with Crippen molar-refractivity contribution in [3.8, 4) is 12.3 Å². The summed E-state index contributed by atoms with van der Waals surface area (Å²) in [6, 6.07) is -0.387. The molecule has 78 valence electrons. The van der Waals surface area contributed by atoms with Crippen molar-refractivity contribution in [1.82, 2.24) is 10.2 Å². The van der Waals surface area contributed by atoms with E-state index in [-0.39, 0.29) is 6.04 Å². The Bertz CT molecular complexity index is 235. The summed E-state index contributed by atoms with van der Waals surface area (Å²) in [5.41, 5.74) is 0. The number of nitrogens with zero attached hydrogens (tertiary/aromatic N) is 1. The number of carbonyl (C=O) groups is 1. The number of hydrogen-bond acceptors (Lipinski definition) is 3. The Labute approximate surface area is 84.3 Å². The summed E-state index contributed by atoms with van der Waals surface area (Å²) in [5.74, 6) is 1.81. The molecule has 1 rings (SSSR count). The summed E-state index contributed by atoms with van der Waals surface area (Å²) in [7, 11) is 0. The van der Waals surface area contributed by atoms with Gasteiger partial charge in [0, 0.05) is 26.1 Å². The molecule has 0 aromatic carbocycles. The number of carboxylic acids is 1. The van der Waals surface area contributed by atoms with Gasteiger partial charge in [-0.3, -0.25) is 9.69 Å². The van der Waals surface area contributed by atoms with Crippen LogP contribution in [0, 0.1) is 12.3 Å². The zero-order valence-corrected chi connectivity index (χ0v) is 8.20. The molecule has 4 heteroatoms. The topological polar surface area (TPSA) is 52.6 Å². The largest absolute Gasteiger partial charge is 0.480 e. The van der Waals surface area contributed by atoms with Gasteiger partial charge in [0.15, 0.2) is 0 Å². The van der Waals surface area contributed by atoms with Gasteiger partial charge in [0.05, 0.1) is 0 Å². The van der Waals surface area contributed by atoms with Crippen molar-refractivity contribution < 1.29 is 9.90 Å². The van der Waals surface area contributed by atoms with Gasteiger partial charge < -0.3 is 10.4 Å². The number of hydrogen-bond donors (Lipinski definition) is 2. The highest BCUT2D eigenvalue weighted by Gasteiger charge is 2.27. The quantitative estimate of drug-likeness (QED) is 0.481. The van der Waals surface area contributed by atoms with Crippen molar-refractivity contribution in [3.05, 3.63) is 0 Å². The lowest BCUT2D eigenvalue weighted by molar-refractivity contribution is -0.143. The molecule has 0 radical (unpaired) electrons. The highest BCUT2D eigenvalue weighted by atomic mass is 16.4. The number of nitrogens with one attached hydrogen (secondary N) is 1. The highest BCUT2D eigenvalue weighted by Crippen LogP contribution is 2.05. The fraction of sp³-hybridized carbons (Fsp3) is 0.700. The molecule has 1 fully saturated rings. The van der Waals surface area contributed by atoms with E-state index in [4.69, 9.17) is 11.5 Å². The van der Waals surface area contributed by atoms with Crippen molar-refractivity contribution in [2.45, 2.75) is 18.9 Å². The second-order valence-electron chi connectivity index (χ2n) is 3.40. The Hall–Kier alpha value is -1.05. The third-order valence-corrected chi connectivity index (χ3v) is 2.41. The van der Waals surface area contributed by atoms with Gasteiger partial charge in [-0.25, -0.2) is 0 Å². The summed E-state index contributed by atoms with van der Waals surface area (Å²) < 4.78 is 0. The monoisotopic (exact) mass is 196 g/mol. The minimum Gasteiger partial charge on any atom is -0.480 e. The molecule has 0 aliphatic carbocycles. The van der Waals surface area contributed by atoms with Gasteiger partial charge >= 0.3 is 5.97 Å². The molecular formula is C10H16N2O2. The molecule has 1 aliphatic rings. The first-order valence-electron chi connectivity index (χ1n) is 4.86. The van der Waals surface area contributed by atoms with Crippen LogP contribution in [0.2, 0.25) is 0 Å². The van der Waals surface area contributed by atoms with E-state index in [9.17, 15) is 4.79 Å². The second-order valence-corrected chi connectivity index (χ2v) is 3.40. The SMILES string of the molecule is C#CCCCN1CCNCC1C(=O)O. The smallest absolute Gasteiger partial charge is 0.322 e. The molecule has 0 amide bonds. The van der Waals surface area contributed by atoms with E-state index in [1.54, 1.807) is 0 Å². The van der Waals surface area contributed by atoms with Crippen molar-refractivity contribution >= 4 is 5.97 Å². The standard InChI is InChI=1S/C10H16N2O2/c1-2-3-4-6-12-7-5-11-8-9(12)10(13)14/h1,9,11H,3-8H2,(H,13,14). The molecule has 1 heterocycles. The van der Waals surface area contributed by atoms with Crippen LogP contribution in [0.5, 0.6) is 0 Å². The minimum atomic E-state index is -0.752. The molecule has 0 spiro atoms.